The molecule has 1 aromatic heterocycles. The highest BCUT2D eigenvalue weighted by Crippen LogP contribution is 2.37. The van der Waals surface area contributed by atoms with E-state index in [1.165, 1.54) is 18.4 Å². The standard InChI is InChI=1S/C11H19N3O4S2/c1-5-8(2)7-13(4)20(17,18)10-6-9(14(15)16)11(12-3)19-10/h6,8,12H,5,7H2,1-4H3. The summed E-state index contributed by atoms with van der Waals surface area (Å²) in [6.07, 6.45) is 0.867. The van der Waals surface area contributed by atoms with E-state index in [-0.39, 0.29) is 20.8 Å². The first-order valence-electron chi connectivity index (χ1n) is 6.16. The molecule has 1 aromatic rings. The predicted octanol–water partition coefficient (Wildman–Crippen LogP) is 2.36. The van der Waals surface area contributed by atoms with Crippen LogP contribution in [0, 0.1) is 16.0 Å². The number of thiophene rings is 1. The SMILES string of the molecule is CCC(C)CN(C)S(=O)(=O)c1cc([N+](=O)[O-])c(NC)s1. The molecule has 20 heavy (non-hydrogen) atoms. The second kappa shape index (κ2) is 6.51. The van der Waals surface area contributed by atoms with E-state index in [0.717, 1.165) is 23.8 Å². The van der Waals surface area contributed by atoms with Crippen molar-refractivity contribution in [2.75, 3.05) is 26.0 Å². The fourth-order valence-electron chi connectivity index (χ4n) is 1.62. The number of nitro groups is 1. The largest absolute Gasteiger partial charge is 0.374 e. The number of nitrogens with zero attached hydrogens (tertiary/aromatic N) is 2. The number of hydrogen-bond donors (Lipinski definition) is 1. The quantitative estimate of drug-likeness (QED) is 0.615. The van der Waals surface area contributed by atoms with Crippen LogP contribution in [0.3, 0.4) is 0 Å². The number of anilines is 1. The molecule has 0 aromatic carbocycles. The molecule has 0 saturated carbocycles. The van der Waals surface area contributed by atoms with Gasteiger partial charge in [0.2, 0.25) is 0 Å². The van der Waals surface area contributed by atoms with E-state index in [2.05, 4.69) is 5.32 Å². The topological polar surface area (TPSA) is 92.5 Å². The monoisotopic (exact) mass is 321 g/mol. The highest BCUT2D eigenvalue weighted by molar-refractivity contribution is 7.91. The van der Waals surface area contributed by atoms with E-state index in [9.17, 15) is 18.5 Å². The fourth-order valence-corrected chi connectivity index (χ4v) is 4.40. The Balaban J connectivity index is 3.12. The van der Waals surface area contributed by atoms with Gasteiger partial charge in [-0.2, -0.15) is 4.31 Å². The molecule has 7 nitrogen and oxygen atoms in total. The minimum atomic E-state index is -3.68. The third-order valence-corrected chi connectivity index (χ3v) is 6.46. The number of hydrogen-bond acceptors (Lipinski definition) is 6. The Bertz CT molecular complexity index is 582. The third-order valence-electron chi connectivity index (χ3n) is 3.04. The molecule has 0 amide bonds. The summed E-state index contributed by atoms with van der Waals surface area (Å²) < 4.78 is 26.0. The summed E-state index contributed by atoms with van der Waals surface area (Å²) in [7, 11) is -0.664. The molecule has 114 valence electrons. The Kier molecular flexibility index (Phi) is 5.49. The second-order valence-corrected chi connectivity index (χ2v) is 7.91. The molecule has 0 radical (unpaired) electrons. The summed E-state index contributed by atoms with van der Waals surface area (Å²) in [6, 6.07) is 1.11. The van der Waals surface area contributed by atoms with Crippen molar-refractivity contribution in [2.24, 2.45) is 5.92 Å². The first kappa shape index (κ1) is 16.9. The van der Waals surface area contributed by atoms with Crippen LogP contribution in [-0.2, 0) is 10.0 Å². The van der Waals surface area contributed by atoms with Crippen molar-refractivity contribution in [1.29, 1.82) is 0 Å². The van der Waals surface area contributed by atoms with E-state index in [1.807, 2.05) is 13.8 Å². The van der Waals surface area contributed by atoms with Gasteiger partial charge >= 0.3 is 5.69 Å². The summed E-state index contributed by atoms with van der Waals surface area (Å²) >= 11 is 0.875. The molecule has 1 atom stereocenters. The van der Waals surface area contributed by atoms with Crippen LogP contribution < -0.4 is 5.32 Å². The van der Waals surface area contributed by atoms with Gasteiger partial charge in [0, 0.05) is 26.7 Å². The molecule has 1 N–H and O–H groups in total. The summed E-state index contributed by atoms with van der Waals surface area (Å²) in [6.45, 7) is 4.33. The zero-order chi connectivity index (χ0) is 15.5. The van der Waals surface area contributed by atoms with Gasteiger partial charge in [0.25, 0.3) is 10.0 Å². The molecule has 0 spiro atoms. The summed E-state index contributed by atoms with van der Waals surface area (Å²) in [5, 5.41) is 13.8. The number of nitrogens with one attached hydrogen (secondary N) is 1. The number of rotatable bonds is 7. The molecule has 0 bridgehead atoms. The lowest BCUT2D eigenvalue weighted by molar-refractivity contribution is -0.383. The molecule has 1 rings (SSSR count). The molecule has 1 heterocycles. The summed E-state index contributed by atoms with van der Waals surface area (Å²) in [4.78, 5) is 10.3. The van der Waals surface area contributed by atoms with E-state index in [0.29, 0.717) is 6.54 Å². The molecule has 0 fully saturated rings. The van der Waals surface area contributed by atoms with Crippen molar-refractivity contribution in [3.05, 3.63) is 16.2 Å². The maximum absolute atomic E-state index is 12.4. The van der Waals surface area contributed by atoms with Crippen LogP contribution in [0.4, 0.5) is 10.7 Å². The first-order chi connectivity index (χ1) is 9.23. The lowest BCUT2D eigenvalue weighted by Crippen LogP contribution is -2.30. The fraction of sp³-hybridized carbons (Fsp3) is 0.636. The van der Waals surface area contributed by atoms with E-state index < -0.39 is 14.9 Å². The predicted molar refractivity (Wildman–Crippen MR) is 79.8 cm³/mol. The van der Waals surface area contributed by atoms with E-state index >= 15 is 0 Å². The van der Waals surface area contributed by atoms with Crippen LogP contribution in [0.5, 0.6) is 0 Å². The van der Waals surface area contributed by atoms with Gasteiger partial charge in [-0.3, -0.25) is 10.1 Å². The molecule has 0 aliphatic heterocycles. The van der Waals surface area contributed by atoms with Crippen molar-refractivity contribution in [2.45, 2.75) is 24.5 Å². The summed E-state index contributed by atoms with van der Waals surface area (Å²) in [5.74, 6) is 0.230. The minimum absolute atomic E-state index is 0.0145. The van der Waals surface area contributed by atoms with Gasteiger partial charge in [0.05, 0.1) is 4.92 Å². The summed E-state index contributed by atoms with van der Waals surface area (Å²) in [5.41, 5.74) is -0.215. The maximum Gasteiger partial charge on any atom is 0.304 e. The normalized spacial score (nSPS) is 13.4. The molecular weight excluding hydrogens is 302 g/mol. The van der Waals surface area contributed by atoms with Gasteiger partial charge in [-0.1, -0.05) is 31.6 Å². The van der Waals surface area contributed by atoms with Crippen LogP contribution >= 0.6 is 11.3 Å². The Hall–Kier alpha value is -1.19. The third kappa shape index (κ3) is 3.47. The van der Waals surface area contributed by atoms with Crippen LogP contribution in [0.2, 0.25) is 0 Å². The van der Waals surface area contributed by atoms with E-state index in [4.69, 9.17) is 0 Å². The van der Waals surface area contributed by atoms with Gasteiger partial charge in [-0.15, -0.1) is 0 Å². The average Bonchev–Trinajstić information content (AvgIpc) is 2.83. The Morgan fingerprint density at radius 1 is 1.55 bits per heavy atom. The van der Waals surface area contributed by atoms with Gasteiger partial charge in [-0.05, 0) is 5.92 Å². The Labute approximate surface area is 122 Å². The maximum atomic E-state index is 12.4. The molecule has 0 aliphatic rings. The second-order valence-electron chi connectivity index (χ2n) is 4.59. The minimum Gasteiger partial charge on any atom is -0.374 e. The molecule has 0 saturated heterocycles. The lowest BCUT2D eigenvalue weighted by Gasteiger charge is -2.19. The van der Waals surface area contributed by atoms with Gasteiger partial charge in [0.15, 0.2) is 5.00 Å². The van der Waals surface area contributed by atoms with Crippen molar-refractivity contribution in [1.82, 2.24) is 4.31 Å². The number of sulfonamides is 1. The highest BCUT2D eigenvalue weighted by atomic mass is 32.2. The van der Waals surface area contributed by atoms with Crippen LogP contribution in [0.15, 0.2) is 10.3 Å². The van der Waals surface area contributed by atoms with Gasteiger partial charge < -0.3 is 5.32 Å². The molecule has 1 unspecified atom stereocenters. The lowest BCUT2D eigenvalue weighted by atomic mass is 10.1. The molecule has 0 aliphatic carbocycles. The Morgan fingerprint density at radius 3 is 2.55 bits per heavy atom. The molecular formula is C11H19N3O4S2. The van der Waals surface area contributed by atoms with Crippen molar-refractivity contribution in [3.63, 3.8) is 0 Å². The zero-order valence-corrected chi connectivity index (χ0v) is 13.5. The zero-order valence-electron chi connectivity index (χ0n) is 11.9. The smallest absolute Gasteiger partial charge is 0.304 e. The average molecular weight is 321 g/mol. The van der Waals surface area contributed by atoms with Crippen LogP contribution in [-0.4, -0.2) is 38.3 Å². The van der Waals surface area contributed by atoms with Crippen LogP contribution in [0.1, 0.15) is 20.3 Å². The van der Waals surface area contributed by atoms with Crippen molar-refractivity contribution < 1.29 is 13.3 Å². The highest BCUT2D eigenvalue weighted by Gasteiger charge is 2.29. The van der Waals surface area contributed by atoms with Crippen LogP contribution in [0.25, 0.3) is 0 Å². The van der Waals surface area contributed by atoms with Crippen molar-refractivity contribution >= 4 is 32.0 Å². The van der Waals surface area contributed by atoms with Gasteiger partial charge in [0.1, 0.15) is 4.21 Å². The molecule has 9 heteroatoms. The van der Waals surface area contributed by atoms with E-state index in [1.54, 1.807) is 0 Å². The Morgan fingerprint density at radius 2 is 2.15 bits per heavy atom. The van der Waals surface area contributed by atoms with Gasteiger partial charge in [-0.25, -0.2) is 8.42 Å². The first-order valence-corrected chi connectivity index (χ1v) is 8.42. The van der Waals surface area contributed by atoms with Crippen molar-refractivity contribution in [3.8, 4) is 0 Å².